The molecule has 2 aromatic heterocycles. The molecule has 1 amide bonds. The summed E-state index contributed by atoms with van der Waals surface area (Å²) in [5.74, 6) is -0.751. The molecule has 0 saturated carbocycles. The molecule has 1 aliphatic rings. The quantitative estimate of drug-likeness (QED) is 0.457. The predicted molar refractivity (Wildman–Crippen MR) is 112 cm³/mol. The van der Waals surface area contributed by atoms with Crippen LogP contribution in [0.1, 0.15) is 39.4 Å². The van der Waals surface area contributed by atoms with Crippen molar-refractivity contribution in [3.8, 4) is 0 Å². The Morgan fingerprint density at radius 2 is 2.07 bits per heavy atom. The van der Waals surface area contributed by atoms with E-state index in [2.05, 4.69) is 15.7 Å². The topological polar surface area (TPSA) is 59.0 Å². The summed E-state index contributed by atoms with van der Waals surface area (Å²) in [5, 5.41) is 11.6. The molecule has 2 atom stereocenters. The fraction of sp³-hybridized carbons (Fsp3) is 0.263. The van der Waals surface area contributed by atoms with Gasteiger partial charge >= 0.3 is 6.18 Å². The van der Waals surface area contributed by atoms with Crippen LogP contribution in [0.25, 0.3) is 0 Å². The van der Waals surface area contributed by atoms with E-state index in [0.717, 1.165) is 9.56 Å². The molecule has 0 unspecified atom stereocenters. The van der Waals surface area contributed by atoms with Crippen molar-refractivity contribution in [2.24, 2.45) is 0 Å². The largest absolute Gasteiger partial charge is 0.410 e. The number of carbonyl (C=O) groups is 1. The highest BCUT2D eigenvalue weighted by Crippen LogP contribution is 2.46. The van der Waals surface area contributed by atoms with Gasteiger partial charge in [-0.15, -0.1) is 11.3 Å². The minimum absolute atomic E-state index is 0.0309. The smallest absolute Gasteiger partial charge is 0.361 e. The Labute approximate surface area is 183 Å². The third-order valence-electron chi connectivity index (χ3n) is 4.91. The second kappa shape index (κ2) is 7.79. The van der Waals surface area contributed by atoms with Gasteiger partial charge in [0.1, 0.15) is 10.8 Å². The highest BCUT2D eigenvalue weighted by atomic mass is 35.5. The molecule has 0 saturated heterocycles. The lowest BCUT2D eigenvalue weighted by molar-refractivity contribution is -0.173. The lowest BCUT2D eigenvalue weighted by atomic mass is 10.0. The van der Waals surface area contributed by atoms with Crippen LogP contribution in [0.15, 0.2) is 35.7 Å². The average molecular weight is 475 g/mol. The van der Waals surface area contributed by atoms with E-state index in [4.69, 9.17) is 23.2 Å². The minimum Gasteiger partial charge on any atom is -0.361 e. The van der Waals surface area contributed by atoms with Gasteiger partial charge in [-0.3, -0.25) is 4.79 Å². The number of carbonyl (C=O) groups excluding carboxylic acids is 1. The van der Waals surface area contributed by atoms with Crippen LogP contribution in [0.5, 0.6) is 0 Å². The van der Waals surface area contributed by atoms with Crippen LogP contribution in [0.4, 0.5) is 24.7 Å². The van der Waals surface area contributed by atoms with Crippen molar-refractivity contribution in [2.45, 2.75) is 31.6 Å². The van der Waals surface area contributed by atoms with E-state index < -0.39 is 24.2 Å². The Morgan fingerprint density at radius 1 is 1.30 bits per heavy atom. The SMILES string of the molecule is Cc1c(Cl)cccc1NC(=O)c1nn2c(c1Cl)N[C@H](c1cccs1)C[C@H]2C(F)(F)F. The van der Waals surface area contributed by atoms with E-state index in [1.54, 1.807) is 42.6 Å². The summed E-state index contributed by atoms with van der Waals surface area (Å²) in [4.78, 5) is 13.5. The van der Waals surface area contributed by atoms with Gasteiger partial charge in [-0.05, 0) is 36.1 Å². The van der Waals surface area contributed by atoms with Crippen molar-refractivity contribution in [3.63, 3.8) is 0 Å². The second-order valence-corrected chi connectivity index (χ2v) is 8.59. The zero-order valence-electron chi connectivity index (χ0n) is 15.4. The van der Waals surface area contributed by atoms with Gasteiger partial charge in [-0.2, -0.15) is 18.3 Å². The van der Waals surface area contributed by atoms with Crippen molar-refractivity contribution < 1.29 is 18.0 Å². The van der Waals surface area contributed by atoms with Gasteiger partial charge in [0.2, 0.25) is 0 Å². The van der Waals surface area contributed by atoms with Gasteiger partial charge in [0.05, 0.1) is 6.04 Å². The number of amides is 1. The summed E-state index contributed by atoms with van der Waals surface area (Å²) < 4.78 is 42.1. The number of halogens is 5. The van der Waals surface area contributed by atoms with Crippen molar-refractivity contribution >= 4 is 52.0 Å². The van der Waals surface area contributed by atoms with Gasteiger partial charge in [-0.25, -0.2) is 4.68 Å². The van der Waals surface area contributed by atoms with Crippen LogP contribution >= 0.6 is 34.5 Å². The number of alkyl halides is 3. The maximum atomic E-state index is 13.8. The van der Waals surface area contributed by atoms with Crippen LogP contribution < -0.4 is 10.6 Å². The third-order valence-corrected chi connectivity index (χ3v) is 6.67. The maximum absolute atomic E-state index is 13.8. The normalized spacial score (nSPS) is 18.6. The number of anilines is 2. The highest BCUT2D eigenvalue weighted by Gasteiger charge is 2.48. The van der Waals surface area contributed by atoms with Crippen molar-refractivity contribution in [3.05, 3.63) is 61.9 Å². The molecule has 0 bridgehead atoms. The monoisotopic (exact) mass is 474 g/mol. The number of hydrogen-bond acceptors (Lipinski definition) is 4. The number of rotatable bonds is 3. The van der Waals surface area contributed by atoms with Crippen LogP contribution in [0, 0.1) is 6.92 Å². The van der Waals surface area contributed by atoms with Crippen LogP contribution in [0.2, 0.25) is 10.0 Å². The molecule has 1 aromatic carbocycles. The molecule has 5 nitrogen and oxygen atoms in total. The fourth-order valence-electron chi connectivity index (χ4n) is 3.34. The van der Waals surface area contributed by atoms with E-state index in [1.807, 2.05) is 0 Å². The maximum Gasteiger partial charge on any atom is 0.410 e. The van der Waals surface area contributed by atoms with Crippen LogP contribution in [0.3, 0.4) is 0 Å². The van der Waals surface area contributed by atoms with Gasteiger partial charge in [-0.1, -0.05) is 35.3 Å². The van der Waals surface area contributed by atoms with Crippen LogP contribution in [-0.4, -0.2) is 21.9 Å². The number of nitrogens with one attached hydrogen (secondary N) is 2. The number of aromatic nitrogens is 2. The lowest BCUT2D eigenvalue weighted by Gasteiger charge is -2.32. The molecule has 0 radical (unpaired) electrons. The summed E-state index contributed by atoms with van der Waals surface area (Å²) in [6.45, 7) is 1.71. The second-order valence-electron chi connectivity index (χ2n) is 6.83. The Bertz CT molecular complexity index is 1100. The van der Waals surface area contributed by atoms with E-state index in [9.17, 15) is 18.0 Å². The van der Waals surface area contributed by atoms with Gasteiger partial charge in [0, 0.05) is 22.0 Å². The Morgan fingerprint density at radius 3 is 2.73 bits per heavy atom. The molecule has 4 rings (SSSR count). The number of thiophene rings is 1. The summed E-state index contributed by atoms with van der Waals surface area (Å²) in [6.07, 6.45) is -4.82. The molecule has 30 heavy (non-hydrogen) atoms. The van der Waals surface area contributed by atoms with Crippen molar-refractivity contribution in [1.29, 1.82) is 0 Å². The first-order valence-electron chi connectivity index (χ1n) is 8.88. The molecule has 0 fully saturated rings. The molecule has 3 aromatic rings. The molecule has 0 spiro atoms. The summed E-state index contributed by atoms with van der Waals surface area (Å²) in [5.41, 5.74) is 0.752. The molecule has 2 N–H and O–H groups in total. The van der Waals surface area contributed by atoms with Crippen molar-refractivity contribution in [1.82, 2.24) is 9.78 Å². The van der Waals surface area contributed by atoms with Crippen LogP contribution in [-0.2, 0) is 0 Å². The Kier molecular flexibility index (Phi) is 5.46. The van der Waals surface area contributed by atoms with Gasteiger partial charge in [0.15, 0.2) is 11.7 Å². The zero-order chi connectivity index (χ0) is 21.6. The first-order chi connectivity index (χ1) is 14.2. The lowest BCUT2D eigenvalue weighted by Crippen LogP contribution is -2.35. The molecular weight excluding hydrogens is 460 g/mol. The van der Waals surface area contributed by atoms with Gasteiger partial charge < -0.3 is 10.6 Å². The molecule has 11 heteroatoms. The molecule has 3 heterocycles. The highest BCUT2D eigenvalue weighted by molar-refractivity contribution is 7.10. The molecule has 1 aliphatic heterocycles. The van der Waals surface area contributed by atoms with E-state index in [1.165, 1.54) is 11.3 Å². The first-order valence-corrected chi connectivity index (χ1v) is 10.5. The Hall–Kier alpha value is -2.23. The van der Waals surface area contributed by atoms with Crippen molar-refractivity contribution in [2.75, 3.05) is 10.6 Å². The molecular formula is C19H15Cl2F3N4OS. The zero-order valence-corrected chi connectivity index (χ0v) is 17.8. The summed E-state index contributed by atoms with van der Waals surface area (Å²) >= 11 is 13.7. The first kappa shape index (κ1) is 21.0. The van der Waals surface area contributed by atoms with E-state index in [-0.39, 0.29) is 23.0 Å². The van der Waals surface area contributed by atoms with E-state index >= 15 is 0 Å². The summed E-state index contributed by atoms with van der Waals surface area (Å²) in [6, 6.07) is 5.97. The molecule has 0 aliphatic carbocycles. The summed E-state index contributed by atoms with van der Waals surface area (Å²) in [7, 11) is 0. The third kappa shape index (κ3) is 3.77. The molecule has 158 valence electrons. The van der Waals surface area contributed by atoms with E-state index in [0.29, 0.717) is 16.3 Å². The number of fused-ring (bicyclic) bond motifs is 1. The Balaban J connectivity index is 1.71. The standard InChI is InChI=1S/C19H15Cl2F3N4OS/c1-9-10(20)4-2-5-11(9)26-18(29)16-15(21)17-25-12(13-6-3-7-30-13)8-14(19(22,23)24)28(17)27-16/h2-7,12,14,25H,8H2,1H3,(H,26,29)/t12-,14-/m0/s1. The fourth-order valence-corrected chi connectivity index (χ4v) is 4.57. The minimum atomic E-state index is -4.56. The number of benzene rings is 1. The average Bonchev–Trinajstić information content (AvgIpc) is 3.32. The predicted octanol–water partition coefficient (Wildman–Crippen LogP) is 6.47. The number of nitrogens with zero attached hydrogens (tertiary/aromatic N) is 2. The number of hydrogen-bond donors (Lipinski definition) is 2. The van der Waals surface area contributed by atoms with Gasteiger partial charge in [0.25, 0.3) is 5.91 Å².